The predicted octanol–water partition coefficient (Wildman–Crippen LogP) is 2.48. The second kappa shape index (κ2) is 6.18. The van der Waals surface area contributed by atoms with Gasteiger partial charge in [-0.1, -0.05) is 22.8 Å². The molecular weight excluding hydrogens is 332 g/mol. The summed E-state index contributed by atoms with van der Waals surface area (Å²) < 4.78 is 10.4. The van der Waals surface area contributed by atoms with Gasteiger partial charge in [-0.2, -0.15) is 4.98 Å². The number of benzene rings is 1. The van der Waals surface area contributed by atoms with Crippen LogP contribution in [0.1, 0.15) is 22.3 Å². The van der Waals surface area contributed by atoms with Gasteiger partial charge >= 0.3 is 0 Å². The summed E-state index contributed by atoms with van der Waals surface area (Å²) in [5.74, 6) is 0.361. The molecule has 0 spiro atoms. The molecule has 1 aliphatic rings. The van der Waals surface area contributed by atoms with Crippen molar-refractivity contribution in [2.75, 3.05) is 19.7 Å². The van der Waals surface area contributed by atoms with Crippen LogP contribution < -0.4 is 0 Å². The number of carbonyl (C=O) groups excluding carboxylic acids is 1. The zero-order valence-electron chi connectivity index (χ0n) is 12.6. The SMILES string of the molecule is O=C(c1ccnc2cc(Cl)ccc12)N1CCOC(c2ncon2)C1. The Morgan fingerprint density at radius 3 is 3.04 bits per heavy atom. The van der Waals surface area contributed by atoms with Crippen molar-refractivity contribution in [1.29, 1.82) is 0 Å². The molecule has 3 aromatic rings. The highest BCUT2D eigenvalue weighted by Crippen LogP contribution is 2.25. The van der Waals surface area contributed by atoms with Crippen LogP contribution in [0, 0.1) is 0 Å². The maximum Gasteiger partial charge on any atom is 0.254 e. The molecule has 1 atom stereocenters. The second-order valence-corrected chi connectivity index (χ2v) is 5.86. The largest absolute Gasteiger partial charge is 0.366 e. The zero-order valence-corrected chi connectivity index (χ0v) is 13.3. The number of carbonyl (C=O) groups is 1. The summed E-state index contributed by atoms with van der Waals surface area (Å²) in [5, 5.41) is 5.15. The van der Waals surface area contributed by atoms with Crippen molar-refractivity contribution >= 4 is 28.4 Å². The van der Waals surface area contributed by atoms with Crippen molar-refractivity contribution in [3.63, 3.8) is 0 Å². The Morgan fingerprint density at radius 1 is 1.29 bits per heavy atom. The van der Waals surface area contributed by atoms with Crippen LogP contribution in [-0.4, -0.2) is 45.6 Å². The first-order valence-corrected chi connectivity index (χ1v) is 7.81. The fraction of sp³-hybridized carbons (Fsp3) is 0.250. The molecule has 24 heavy (non-hydrogen) atoms. The van der Waals surface area contributed by atoms with Gasteiger partial charge in [0.15, 0.2) is 0 Å². The highest BCUT2D eigenvalue weighted by atomic mass is 35.5. The van der Waals surface area contributed by atoms with Crippen LogP contribution in [0.15, 0.2) is 41.4 Å². The van der Waals surface area contributed by atoms with Crippen LogP contribution >= 0.6 is 11.6 Å². The van der Waals surface area contributed by atoms with Gasteiger partial charge in [0.1, 0.15) is 6.10 Å². The molecule has 8 heteroatoms. The third kappa shape index (κ3) is 2.72. The number of rotatable bonds is 2. The van der Waals surface area contributed by atoms with Crippen molar-refractivity contribution < 1.29 is 14.1 Å². The molecule has 3 heterocycles. The summed E-state index contributed by atoms with van der Waals surface area (Å²) in [5.41, 5.74) is 1.28. The van der Waals surface area contributed by atoms with Crippen molar-refractivity contribution in [2.45, 2.75) is 6.10 Å². The first-order valence-electron chi connectivity index (χ1n) is 7.44. The van der Waals surface area contributed by atoms with Gasteiger partial charge < -0.3 is 14.2 Å². The van der Waals surface area contributed by atoms with E-state index in [-0.39, 0.29) is 12.0 Å². The van der Waals surface area contributed by atoms with Gasteiger partial charge in [-0.25, -0.2) is 0 Å². The van der Waals surface area contributed by atoms with E-state index in [1.807, 2.05) is 6.07 Å². The third-order valence-electron chi connectivity index (χ3n) is 3.96. The number of hydrogen-bond acceptors (Lipinski definition) is 6. The van der Waals surface area contributed by atoms with Crippen molar-refractivity contribution in [2.24, 2.45) is 0 Å². The molecule has 0 N–H and O–H groups in total. The van der Waals surface area contributed by atoms with Gasteiger partial charge in [-0.05, 0) is 18.2 Å². The topological polar surface area (TPSA) is 81.4 Å². The van der Waals surface area contributed by atoms with E-state index in [0.29, 0.717) is 41.6 Å². The molecule has 1 saturated heterocycles. The first kappa shape index (κ1) is 15.0. The molecule has 122 valence electrons. The van der Waals surface area contributed by atoms with Gasteiger partial charge in [-0.3, -0.25) is 9.78 Å². The molecule has 4 rings (SSSR count). The molecule has 1 aliphatic heterocycles. The van der Waals surface area contributed by atoms with E-state index in [2.05, 4.69) is 15.1 Å². The number of amides is 1. The van der Waals surface area contributed by atoms with Crippen LogP contribution in [0.3, 0.4) is 0 Å². The molecule has 2 aromatic heterocycles. The summed E-state index contributed by atoms with van der Waals surface area (Å²) in [4.78, 5) is 23.0. The summed E-state index contributed by atoms with van der Waals surface area (Å²) in [6.07, 6.45) is 2.48. The van der Waals surface area contributed by atoms with Crippen LogP contribution in [0.4, 0.5) is 0 Å². The highest BCUT2D eigenvalue weighted by Gasteiger charge is 2.29. The van der Waals surface area contributed by atoms with Gasteiger partial charge in [0.2, 0.25) is 12.2 Å². The first-order chi connectivity index (χ1) is 11.7. The lowest BCUT2D eigenvalue weighted by Gasteiger charge is -2.31. The standard InChI is InChI=1S/C16H13ClN4O3/c17-10-1-2-11-12(3-4-18-13(11)7-10)16(22)21-5-6-23-14(8-21)15-19-9-24-20-15/h1-4,7,9,14H,5-6,8H2. The lowest BCUT2D eigenvalue weighted by molar-refractivity contribution is -0.0275. The van der Waals surface area contributed by atoms with Gasteiger partial charge in [-0.15, -0.1) is 0 Å². The number of fused-ring (bicyclic) bond motifs is 1. The van der Waals surface area contributed by atoms with Gasteiger partial charge in [0.25, 0.3) is 5.91 Å². The second-order valence-electron chi connectivity index (χ2n) is 5.42. The van der Waals surface area contributed by atoms with E-state index in [9.17, 15) is 4.79 Å². The third-order valence-corrected chi connectivity index (χ3v) is 4.19. The number of hydrogen-bond donors (Lipinski definition) is 0. The van der Waals surface area contributed by atoms with Crippen LogP contribution in [0.5, 0.6) is 0 Å². The van der Waals surface area contributed by atoms with E-state index in [1.54, 1.807) is 29.3 Å². The van der Waals surface area contributed by atoms with E-state index in [0.717, 1.165) is 5.39 Å². The Balaban J connectivity index is 1.64. The number of nitrogens with zero attached hydrogens (tertiary/aromatic N) is 4. The van der Waals surface area contributed by atoms with Crippen LogP contribution in [-0.2, 0) is 4.74 Å². The maximum atomic E-state index is 13.0. The monoisotopic (exact) mass is 344 g/mol. The molecule has 1 amide bonds. The number of pyridine rings is 1. The summed E-state index contributed by atoms with van der Waals surface area (Å²) in [6, 6.07) is 7.03. The molecule has 7 nitrogen and oxygen atoms in total. The Bertz CT molecular complexity index is 884. The molecule has 1 fully saturated rings. The number of aromatic nitrogens is 3. The van der Waals surface area contributed by atoms with Crippen molar-refractivity contribution in [3.8, 4) is 0 Å². The minimum Gasteiger partial charge on any atom is -0.366 e. The normalized spacial score (nSPS) is 18.0. The van der Waals surface area contributed by atoms with Gasteiger partial charge in [0.05, 0.1) is 24.2 Å². The van der Waals surface area contributed by atoms with Crippen molar-refractivity contribution in [1.82, 2.24) is 20.0 Å². The predicted molar refractivity (Wildman–Crippen MR) is 85.6 cm³/mol. The highest BCUT2D eigenvalue weighted by molar-refractivity contribution is 6.31. The molecule has 1 aromatic carbocycles. The Labute approximate surface area is 142 Å². The minimum atomic E-state index is -0.385. The Morgan fingerprint density at radius 2 is 2.21 bits per heavy atom. The van der Waals surface area contributed by atoms with Crippen LogP contribution in [0.25, 0.3) is 10.9 Å². The average molecular weight is 345 g/mol. The summed E-state index contributed by atoms with van der Waals surface area (Å²) in [7, 11) is 0. The molecule has 0 bridgehead atoms. The fourth-order valence-corrected chi connectivity index (χ4v) is 2.96. The molecular formula is C16H13ClN4O3. The quantitative estimate of drug-likeness (QED) is 0.710. The summed E-state index contributed by atoms with van der Waals surface area (Å²) >= 11 is 6.00. The maximum absolute atomic E-state index is 13.0. The van der Waals surface area contributed by atoms with E-state index >= 15 is 0 Å². The number of ether oxygens (including phenoxy) is 1. The molecule has 1 unspecified atom stereocenters. The summed E-state index contributed by atoms with van der Waals surface area (Å²) in [6.45, 7) is 1.29. The van der Waals surface area contributed by atoms with E-state index in [4.69, 9.17) is 20.9 Å². The average Bonchev–Trinajstić information content (AvgIpc) is 3.15. The van der Waals surface area contributed by atoms with Gasteiger partial charge in [0, 0.05) is 23.2 Å². The molecule has 0 radical (unpaired) electrons. The minimum absolute atomic E-state index is 0.0819. The number of morpholine rings is 1. The Hall–Kier alpha value is -2.51. The zero-order chi connectivity index (χ0) is 16.5. The number of halogens is 1. The Kier molecular flexibility index (Phi) is 3.87. The van der Waals surface area contributed by atoms with Crippen LogP contribution in [0.2, 0.25) is 5.02 Å². The molecule has 0 saturated carbocycles. The van der Waals surface area contributed by atoms with E-state index < -0.39 is 0 Å². The van der Waals surface area contributed by atoms with Crippen molar-refractivity contribution in [3.05, 3.63) is 53.3 Å². The smallest absolute Gasteiger partial charge is 0.254 e. The molecule has 0 aliphatic carbocycles. The lowest BCUT2D eigenvalue weighted by atomic mass is 10.1. The fourth-order valence-electron chi connectivity index (χ4n) is 2.79. The van der Waals surface area contributed by atoms with E-state index in [1.165, 1.54) is 6.39 Å². The lowest BCUT2D eigenvalue weighted by Crippen LogP contribution is -2.42.